The molecule has 0 unspecified atom stereocenters. The largest absolute Gasteiger partial charge is 0.335 e. The summed E-state index contributed by atoms with van der Waals surface area (Å²) < 4.78 is 5.02. The summed E-state index contributed by atoms with van der Waals surface area (Å²) in [4.78, 5) is 4.00. The van der Waals surface area contributed by atoms with E-state index in [0.29, 0.717) is 17.3 Å². The van der Waals surface area contributed by atoms with Crippen molar-refractivity contribution in [3.63, 3.8) is 0 Å². The van der Waals surface area contributed by atoms with Gasteiger partial charge in [0.05, 0.1) is 10.4 Å². The van der Waals surface area contributed by atoms with E-state index in [1.807, 2.05) is 0 Å². The van der Waals surface area contributed by atoms with E-state index in [9.17, 15) is 0 Å². The molecule has 0 aliphatic heterocycles. The minimum Gasteiger partial charge on any atom is -0.335 e. The Morgan fingerprint density at radius 2 is 2.33 bits per heavy atom. The zero-order chi connectivity index (χ0) is 9.97. The Bertz CT molecular complexity index is 448. The van der Waals surface area contributed by atoms with Crippen LogP contribution in [-0.4, -0.2) is 22.4 Å². The molecular weight excluding hydrogens is 257 g/mol. The predicted octanol–water partition coefficient (Wildman–Crippen LogP) is 2.35. The Labute approximate surface area is 102 Å². The van der Waals surface area contributed by atoms with Gasteiger partial charge in [-0.2, -0.15) is 0 Å². The molecule has 0 radical (unpaired) electrons. The van der Waals surface area contributed by atoms with Crippen LogP contribution in [-0.2, 0) is 0 Å². The van der Waals surface area contributed by atoms with E-state index >= 15 is 0 Å². The fourth-order valence-electron chi connectivity index (χ4n) is 1.05. The molecule has 0 fully saturated rings. The molecule has 0 saturated heterocycles. The lowest BCUT2D eigenvalue weighted by Gasteiger charge is -1.93. The standard InChI is InChI=1S/C8H8ClN3OS.ClH/c9-5-3-6-7(11-4-5)13-12-8(6)14-2-1-10;/h3-4H,1-2,10H2;1H. The van der Waals surface area contributed by atoms with Gasteiger partial charge in [0.15, 0.2) is 0 Å². The van der Waals surface area contributed by atoms with Crippen molar-refractivity contribution in [1.82, 2.24) is 10.1 Å². The highest BCUT2D eigenvalue weighted by molar-refractivity contribution is 7.99. The van der Waals surface area contributed by atoms with Crippen molar-refractivity contribution >= 4 is 46.9 Å². The minimum absolute atomic E-state index is 0. The van der Waals surface area contributed by atoms with Crippen LogP contribution in [0.1, 0.15) is 0 Å². The van der Waals surface area contributed by atoms with Gasteiger partial charge in [-0.25, -0.2) is 4.98 Å². The third kappa shape index (κ3) is 2.75. The molecule has 2 heterocycles. The molecule has 0 spiro atoms. The summed E-state index contributed by atoms with van der Waals surface area (Å²) in [6.45, 7) is 0.604. The number of fused-ring (bicyclic) bond motifs is 1. The number of hydrogen-bond donors (Lipinski definition) is 1. The summed E-state index contributed by atoms with van der Waals surface area (Å²) in [6.07, 6.45) is 1.53. The SMILES string of the molecule is Cl.NCCSc1noc2ncc(Cl)cc12. The number of hydrogen-bond acceptors (Lipinski definition) is 5. The number of thioether (sulfide) groups is 1. The number of nitrogens with zero attached hydrogens (tertiary/aromatic N) is 2. The third-order valence-electron chi connectivity index (χ3n) is 1.62. The molecule has 2 aromatic rings. The second-order valence-corrected chi connectivity index (χ2v) is 4.15. The minimum atomic E-state index is 0. The predicted molar refractivity (Wildman–Crippen MR) is 63.8 cm³/mol. The molecule has 0 amide bonds. The summed E-state index contributed by atoms with van der Waals surface area (Å²) in [7, 11) is 0. The van der Waals surface area contributed by atoms with Crippen molar-refractivity contribution in [3.8, 4) is 0 Å². The maximum atomic E-state index is 5.82. The van der Waals surface area contributed by atoms with Crippen LogP contribution in [0.2, 0.25) is 5.02 Å². The normalized spacial score (nSPS) is 10.3. The fraction of sp³-hybridized carbons (Fsp3) is 0.250. The average molecular weight is 266 g/mol. The van der Waals surface area contributed by atoms with E-state index in [4.69, 9.17) is 21.9 Å². The van der Waals surface area contributed by atoms with Gasteiger partial charge in [0.2, 0.25) is 0 Å². The number of aromatic nitrogens is 2. The van der Waals surface area contributed by atoms with Crippen molar-refractivity contribution in [3.05, 3.63) is 17.3 Å². The number of nitrogens with two attached hydrogens (primary N) is 1. The highest BCUT2D eigenvalue weighted by atomic mass is 35.5. The van der Waals surface area contributed by atoms with Gasteiger partial charge in [-0.3, -0.25) is 0 Å². The fourth-order valence-corrected chi connectivity index (χ4v) is 1.91. The Balaban J connectivity index is 0.00000112. The molecule has 7 heteroatoms. The molecule has 0 atom stereocenters. The van der Waals surface area contributed by atoms with Gasteiger partial charge in [0.1, 0.15) is 5.03 Å². The zero-order valence-corrected chi connectivity index (χ0v) is 10.0. The molecular formula is C8H9Cl2N3OS. The molecule has 0 aliphatic carbocycles. The number of halogens is 2. The summed E-state index contributed by atoms with van der Waals surface area (Å²) in [5.41, 5.74) is 5.91. The Morgan fingerprint density at radius 3 is 3.07 bits per heavy atom. The van der Waals surface area contributed by atoms with Crippen LogP contribution in [0.3, 0.4) is 0 Å². The van der Waals surface area contributed by atoms with Crippen molar-refractivity contribution in [2.75, 3.05) is 12.3 Å². The number of pyridine rings is 1. The van der Waals surface area contributed by atoms with Gasteiger partial charge in [0, 0.05) is 18.5 Å². The highest BCUT2D eigenvalue weighted by Crippen LogP contribution is 2.27. The summed E-state index contributed by atoms with van der Waals surface area (Å²) >= 11 is 7.35. The van der Waals surface area contributed by atoms with Crippen LogP contribution in [0, 0.1) is 0 Å². The maximum absolute atomic E-state index is 5.82. The summed E-state index contributed by atoms with van der Waals surface area (Å²) in [5.74, 6) is 0.800. The second-order valence-electron chi connectivity index (χ2n) is 2.63. The molecule has 2 rings (SSSR count). The van der Waals surface area contributed by atoms with E-state index in [1.54, 1.807) is 6.07 Å². The van der Waals surface area contributed by atoms with Crippen LogP contribution in [0.25, 0.3) is 11.1 Å². The van der Waals surface area contributed by atoms with Gasteiger partial charge in [0.25, 0.3) is 5.71 Å². The zero-order valence-electron chi connectivity index (χ0n) is 7.64. The van der Waals surface area contributed by atoms with Crippen molar-refractivity contribution < 1.29 is 4.52 Å². The van der Waals surface area contributed by atoms with Gasteiger partial charge in [-0.05, 0) is 6.07 Å². The van der Waals surface area contributed by atoms with Crippen LogP contribution < -0.4 is 5.73 Å². The Kier molecular flexibility index (Phi) is 4.66. The van der Waals surface area contributed by atoms with Gasteiger partial charge >= 0.3 is 0 Å². The first kappa shape index (κ1) is 12.6. The molecule has 4 nitrogen and oxygen atoms in total. The maximum Gasteiger partial charge on any atom is 0.258 e. The molecule has 2 aromatic heterocycles. The first-order chi connectivity index (χ1) is 6.81. The van der Waals surface area contributed by atoms with E-state index in [-0.39, 0.29) is 12.4 Å². The topological polar surface area (TPSA) is 64.9 Å². The Hall–Kier alpha value is -0.490. The van der Waals surface area contributed by atoms with Crippen molar-refractivity contribution in [2.24, 2.45) is 5.73 Å². The summed E-state index contributed by atoms with van der Waals surface area (Å²) in [5, 5.41) is 6.10. The van der Waals surface area contributed by atoms with E-state index in [1.165, 1.54) is 18.0 Å². The molecule has 2 N–H and O–H groups in total. The number of rotatable bonds is 3. The smallest absolute Gasteiger partial charge is 0.258 e. The van der Waals surface area contributed by atoms with Crippen LogP contribution >= 0.6 is 35.8 Å². The lowest BCUT2D eigenvalue weighted by Crippen LogP contribution is -2.00. The molecule has 0 bridgehead atoms. The van der Waals surface area contributed by atoms with Gasteiger partial charge in [-0.1, -0.05) is 16.8 Å². The van der Waals surface area contributed by atoms with Crippen LogP contribution in [0.15, 0.2) is 21.8 Å². The van der Waals surface area contributed by atoms with Crippen LogP contribution in [0.5, 0.6) is 0 Å². The van der Waals surface area contributed by atoms with Gasteiger partial charge in [-0.15, -0.1) is 24.2 Å². The Morgan fingerprint density at radius 1 is 1.53 bits per heavy atom. The molecule has 0 aliphatic rings. The van der Waals surface area contributed by atoms with E-state index in [0.717, 1.165) is 16.2 Å². The van der Waals surface area contributed by atoms with E-state index in [2.05, 4.69) is 10.1 Å². The van der Waals surface area contributed by atoms with Gasteiger partial charge < -0.3 is 10.3 Å². The molecule has 0 aromatic carbocycles. The van der Waals surface area contributed by atoms with Crippen molar-refractivity contribution in [2.45, 2.75) is 5.03 Å². The summed E-state index contributed by atoms with van der Waals surface area (Å²) in [6, 6.07) is 1.79. The first-order valence-electron chi connectivity index (χ1n) is 4.05. The lowest BCUT2D eigenvalue weighted by atomic mass is 10.4. The molecule has 82 valence electrons. The average Bonchev–Trinajstić information content (AvgIpc) is 2.57. The third-order valence-corrected chi connectivity index (χ3v) is 2.83. The first-order valence-corrected chi connectivity index (χ1v) is 5.41. The molecule has 15 heavy (non-hydrogen) atoms. The molecule has 0 saturated carbocycles. The van der Waals surface area contributed by atoms with E-state index < -0.39 is 0 Å². The second kappa shape index (κ2) is 5.55. The van der Waals surface area contributed by atoms with Crippen molar-refractivity contribution in [1.29, 1.82) is 0 Å². The monoisotopic (exact) mass is 265 g/mol. The lowest BCUT2D eigenvalue weighted by molar-refractivity contribution is 0.430. The van der Waals surface area contributed by atoms with Crippen LogP contribution in [0.4, 0.5) is 0 Å². The quantitative estimate of drug-likeness (QED) is 0.864. The highest BCUT2D eigenvalue weighted by Gasteiger charge is 2.09.